The molecule has 0 spiro atoms. The molecule has 0 bridgehead atoms. The van der Waals surface area contributed by atoms with Crippen LogP contribution in [0.2, 0.25) is 0 Å². The van der Waals surface area contributed by atoms with E-state index in [0.717, 1.165) is 13.0 Å². The lowest BCUT2D eigenvalue weighted by atomic mass is 10.2. The molecule has 1 aromatic rings. The standard InChI is InChI=1S/C12H19NO2S/c1-4-11(12(14)15-5-2)13(3)9-10-7-6-8-16-10/h6-8,11H,4-5,9H2,1-3H3. The molecule has 1 unspecified atom stereocenters. The maximum absolute atomic E-state index is 11.7. The molecule has 1 aromatic heterocycles. The smallest absolute Gasteiger partial charge is 0.323 e. The predicted molar refractivity (Wildman–Crippen MR) is 66.5 cm³/mol. The molecule has 0 radical (unpaired) electrons. The second kappa shape index (κ2) is 6.66. The Hall–Kier alpha value is -0.870. The Morgan fingerprint density at radius 1 is 1.56 bits per heavy atom. The zero-order chi connectivity index (χ0) is 12.0. The zero-order valence-electron chi connectivity index (χ0n) is 10.1. The minimum atomic E-state index is -0.137. The van der Waals surface area contributed by atoms with Gasteiger partial charge < -0.3 is 4.74 Å². The topological polar surface area (TPSA) is 29.5 Å². The zero-order valence-corrected chi connectivity index (χ0v) is 10.9. The van der Waals surface area contributed by atoms with Crippen molar-refractivity contribution in [3.05, 3.63) is 22.4 Å². The number of nitrogens with zero attached hydrogens (tertiary/aromatic N) is 1. The fourth-order valence-electron chi connectivity index (χ4n) is 1.66. The van der Waals surface area contributed by atoms with E-state index in [2.05, 4.69) is 11.4 Å². The minimum Gasteiger partial charge on any atom is -0.465 e. The fraction of sp³-hybridized carbons (Fsp3) is 0.583. The first-order valence-corrected chi connectivity index (χ1v) is 6.46. The molecule has 3 nitrogen and oxygen atoms in total. The van der Waals surface area contributed by atoms with Crippen molar-refractivity contribution in [1.29, 1.82) is 0 Å². The lowest BCUT2D eigenvalue weighted by molar-refractivity contribution is -0.149. The molecule has 0 aliphatic carbocycles. The molecule has 0 amide bonds. The summed E-state index contributed by atoms with van der Waals surface area (Å²) in [7, 11) is 1.96. The Balaban J connectivity index is 2.55. The summed E-state index contributed by atoms with van der Waals surface area (Å²) in [5, 5.41) is 2.05. The normalized spacial score (nSPS) is 12.8. The van der Waals surface area contributed by atoms with Gasteiger partial charge in [-0.05, 0) is 31.8 Å². The van der Waals surface area contributed by atoms with Crippen molar-refractivity contribution in [3.8, 4) is 0 Å². The molecule has 90 valence electrons. The molecule has 16 heavy (non-hydrogen) atoms. The first-order chi connectivity index (χ1) is 7.69. The van der Waals surface area contributed by atoms with Gasteiger partial charge >= 0.3 is 5.97 Å². The Morgan fingerprint density at radius 2 is 2.31 bits per heavy atom. The number of thiophene rings is 1. The summed E-state index contributed by atoms with van der Waals surface area (Å²) < 4.78 is 5.06. The monoisotopic (exact) mass is 241 g/mol. The minimum absolute atomic E-state index is 0.121. The van der Waals surface area contributed by atoms with Crippen molar-refractivity contribution < 1.29 is 9.53 Å². The van der Waals surface area contributed by atoms with Crippen LogP contribution in [0.4, 0.5) is 0 Å². The van der Waals surface area contributed by atoms with E-state index in [1.807, 2.05) is 31.9 Å². The van der Waals surface area contributed by atoms with Crippen LogP contribution in [0.3, 0.4) is 0 Å². The number of carbonyl (C=O) groups excluding carboxylic acids is 1. The van der Waals surface area contributed by atoms with Gasteiger partial charge in [0.2, 0.25) is 0 Å². The van der Waals surface area contributed by atoms with E-state index in [1.165, 1.54) is 4.88 Å². The Kier molecular flexibility index (Phi) is 5.49. The highest BCUT2D eigenvalue weighted by atomic mass is 32.1. The van der Waals surface area contributed by atoms with Crippen LogP contribution in [-0.4, -0.2) is 30.6 Å². The summed E-state index contributed by atoms with van der Waals surface area (Å²) in [6.45, 7) is 5.09. The molecular formula is C12H19NO2S. The van der Waals surface area contributed by atoms with Crippen LogP contribution >= 0.6 is 11.3 Å². The largest absolute Gasteiger partial charge is 0.465 e. The summed E-state index contributed by atoms with van der Waals surface area (Å²) in [5.41, 5.74) is 0. The molecular weight excluding hydrogens is 222 g/mol. The molecule has 0 aliphatic rings. The number of rotatable bonds is 6. The molecule has 0 saturated carbocycles. The average molecular weight is 241 g/mol. The second-order valence-corrected chi connectivity index (χ2v) is 4.70. The van der Waals surface area contributed by atoms with Crippen LogP contribution in [0.1, 0.15) is 25.1 Å². The lowest BCUT2D eigenvalue weighted by Crippen LogP contribution is -2.38. The van der Waals surface area contributed by atoms with Crippen molar-refractivity contribution in [2.45, 2.75) is 32.9 Å². The molecule has 0 fully saturated rings. The van der Waals surface area contributed by atoms with E-state index < -0.39 is 0 Å². The summed E-state index contributed by atoms with van der Waals surface area (Å²) >= 11 is 1.71. The van der Waals surface area contributed by atoms with Crippen LogP contribution in [0.15, 0.2) is 17.5 Å². The van der Waals surface area contributed by atoms with Gasteiger partial charge in [0.15, 0.2) is 0 Å². The molecule has 0 aromatic carbocycles. The van der Waals surface area contributed by atoms with Crippen LogP contribution in [-0.2, 0) is 16.1 Å². The Labute approximate surface area is 101 Å². The summed E-state index contributed by atoms with van der Waals surface area (Å²) in [4.78, 5) is 15.0. The maximum atomic E-state index is 11.7. The lowest BCUT2D eigenvalue weighted by Gasteiger charge is -2.24. The molecule has 4 heteroatoms. The third-order valence-corrected chi connectivity index (χ3v) is 3.32. The fourth-order valence-corrected chi connectivity index (χ4v) is 2.42. The van der Waals surface area contributed by atoms with Gasteiger partial charge in [-0.3, -0.25) is 9.69 Å². The van der Waals surface area contributed by atoms with Crippen molar-refractivity contribution >= 4 is 17.3 Å². The number of hydrogen-bond acceptors (Lipinski definition) is 4. The Bertz CT molecular complexity index is 311. The predicted octanol–water partition coefficient (Wildman–Crippen LogP) is 2.52. The molecule has 1 rings (SSSR count). The first-order valence-electron chi connectivity index (χ1n) is 5.58. The van der Waals surface area contributed by atoms with Crippen LogP contribution in [0.25, 0.3) is 0 Å². The van der Waals surface area contributed by atoms with Gasteiger partial charge in [0.05, 0.1) is 6.61 Å². The average Bonchev–Trinajstić information content (AvgIpc) is 2.71. The van der Waals surface area contributed by atoms with Gasteiger partial charge in [0, 0.05) is 11.4 Å². The van der Waals surface area contributed by atoms with Gasteiger partial charge in [-0.15, -0.1) is 11.3 Å². The third-order valence-electron chi connectivity index (χ3n) is 2.46. The van der Waals surface area contributed by atoms with Crippen molar-refractivity contribution in [2.75, 3.05) is 13.7 Å². The van der Waals surface area contributed by atoms with Crippen molar-refractivity contribution in [1.82, 2.24) is 4.90 Å². The van der Waals surface area contributed by atoms with Gasteiger partial charge in [0.25, 0.3) is 0 Å². The number of hydrogen-bond donors (Lipinski definition) is 0. The molecule has 1 atom stereocenters. The van der Waals surface area contributed by atoms with E-state index in [0.29, 0.717) is 6.61 Å². The van der Waals surface area contributed by atoms with Crippen LogP contribution < -0.4 is 0 Å². The molecule has 0 aliphatic heterocycles. The highest BCUT2D eigenvalue weighted by Gasteiger charge is 2.22. The Morgan fingerprint density at radius 3 is 2.81 bits per heavy atom. The van der Waals surface area contributed by atoms with Gasteiger partial charge in [-0.2, -0.15) is 0 Å². The first kappa shape index (κ1) is 13.2. The van der Waals surface area contributed by atoms with Crippen molar-refractivity contribution in [3.63, 3.8) is 0 Å². The van der Waals surface area contributed by atoms with E-state index in [9.17, 15) is 4.79 Å². The van der Waals surface area contributed by atoms with E-state index in [1.54, 1.807) is 11.3 Å². The summed E-state index contributed by atoms with van der Waals surface area (Å²) in [6.07, 6.45) is 0.778. The molecule has 0 N–H and O–H groups in total. The van der Waals surface area contributed by atoms with E-state index in [-0.39, 0.29) is 12.0 Å². The number of likely N-dealkylation sites (N-methyl/N-ethyl adjacent to an activating group) is 1. The van der Waals surface area contributed by atoms with E-state index in [4.69, 9.17) is 4.74 Å². The highest BCUT2D eigenvalue weighted by molar-refractivity contribution is 7.09. The highest BCUT2D eigenvalue weighted by Crippen LogP contribution is 2.14. The van der Waals surface area contributed by atoms with E-state index >= 15 is 0 Å². The van der Waals surface area contributed by atoms with Gasteiger partial charge in [-0.25, -0.2) is 0 Å². The molecule has 0 saturated heterocycles. The van der Waals surface area contributed by atoms with Gasteiger partial charge in [0.1, 0.15) is 6.04 Å². The number of ether oxygens (including phenoxy) is 1. The third kappa shape index (κ3) is 3.61. The SMILES string of the molecule is CCOC(=O)C(CC)N(C)Cc1cccs1. The summed E-state index contributed by atoms with van der Waals surface area (Å²) in [5.74, 6) is -0.121. The second-order valence-electron chi connectivity index (χ2n) is 3.67. The maximum Gasteiger partial charge on any atom is 0.323 e. The number of carbonyl (C=O) groups is 1. The van der Waals surface area contributed by atoms with Crippen LogP contribution in [0.5, 0.6) is 0 Å². The van der Waals surface area contributed by atoms with Crippen LogP contribution in [0, 0.1) is 0 Å². The summed E-state index contributed by atoms with van der Waals surface area (Å²) in [6, 6.07) is 3.97. The molecule has 1 heterocycles. The quantitative estimate of drug-likeness (QED) is 0.717. The van der Waals surface area contributed by atoms with Gasteiger partial charge in [-0.1, -0.05) is 13.0 Å². The number of esters is 1. The van der Waals surface area contributed by atoms with Crippen molar-refractivity contribution in [2.24, 2.45) is 0 Å².